The van der Waals surface area contributed by atoms with Gasteiger partial charge in [0.05, 0.1) is 35.0 Å². The van der Waals surface area contributed by atoms with Gasteiger partial charge in [-0.15, -0.1) is 0 Å². The normalized spacial score (nSPS) is 14.5. The van der Waals surface area contributed by atoms with Crippen LogP contribution < -0.4 is 20.7 Å². The summed E-state index contributed by atoms with van der Waals surface area (Å²) in [6, 6.07) is 18.2. The number of imide groups is 1. The number of ketones is 1. The van der Waals surface area contributed by atoms with Gasteiger partial charge in [0.15, 0.2) is 11.6 Å². The van der Waals surface area contributed by atoms with Gasteiger partial charge in [0, 0.05) is 23.4 Å². The summed E-state index contributed by atoms with van der Waals surface area (Å²) in [6.07, 6.45) is 3.06. The zero-order valence-electron chi connectivity index (χ0n) is 25.6. The summed E-state index contributed by atoms with van der Waals surface area (Å²) in [5.41, 5.74) is 10.2. The number of ether oxygens (including phenoxy) is 1. The largest absolute Gasteiger partial charge is 0.433 e. The minimum Gasteiger partial charge on any atom is -0.433 e. The molecule has 0 radical (unpaired) electrons. The van der Waals surface area contributed by atoms with Gasteiger partial charge in [0.2, 0.25) is 17.4 Å². The molecule has 1 saturated heterocycles. The van der Waals surface area contributed by atoms with Gasteiger partial charge in [-0.05, 0) is 60.9 Å². The van der Waals surface area contributed by atoms with Crippen molar-refractivity contribution in [3.63, 3.8) is 0 Å². The van der Waals surface area contributed by atoms with E-state index in [9.17, 15) is 23.2 Å². The number of amides is 3. The summed E-state index contributed by atoms with van der Waals surface area (Å²) in [6.45, 7) is 3.49. The van der Waals surface area contributed by atoms with Gasteiger partial charge in [-0.2, -0.15) is 5.10 Å². The third-order valence-corrected chi connectivity index (χ3v) is 8.19. The number of nitrogens with zero attached hydrogens (tertiary/aromatic N) is 4. The zero-order valence-corrected chi connectivity index (χ0v) is 25.6. The van der Waals surface area contributed by atoms with Gasteiger partial charge in [-0.1, -0.05) is 36.4 Å². The number of aryl methyl sites for hydroxylation is 2. The quantitative estimate of drug-likeness (QED) is 0.137. The monoisotopic (exact) mass is 647 g/mol. The van der Waals surface area contributed by atoms with Crippen molar-refractivity contribution in [2.45, 2.75) is 26.3 Å². The molecule has 11 nitrogen and oxygen atoms in total. The fourth-order valence-electron chi connectivity index (χ4n) is 5.75. The van der Waals surface area contributed by atoms with Crippen LogP contribution in [0, 0.1) is 25.5 Å². The molecule has 0 bridgehead atoms. The summed E-state index contributed by atoms with van der Waals surface area (Å²) in [5, 5.41) is 7.76. The molecule has 3 aromatic carbocycles. The Balaban J connectivity index is 1.13. The van der Waals surface area contributed by atoms with Crippen molar-refractivity contribution < 1.29 is 27.9 Å². The van der Waals surface area contributed by atoms with Crippen LogP contribution in [-0.2, 0) is 11.2 Å². The maximum Gasteiger partial charge on any atom is 0.329 e. The molecule has 0 unspecified atom stereocenters. The third kappa shape index (κ3) is 5.30. The molecule has 240 valence electrons. The summed E-state index contributed by atoms with van der Waals surface area (Å²) < 4.78 is 34.8. The van der Waals surface area contributed by atoms with E-state index in [0.29, 0.717) is 39.8 Å². The molecule has 7 rings (SSSR count). The molecule has 3 amide bonds. The molecule has 0 saturated carbocycles. The predicted molar refractivity (Wildman–Crippen MR) is 173 cm³/mol. The van der Waals surface area contributed by atoms with Crippen molar-refractivity contribution in [3.8, 4) is 17.3 Å². The Bertz CT molecular complexity index is 2240. The van der Waals surface area contributed by atoms with Crippen LogP contribution in [0.15, 0.2) is 85.2 Å². The highest BCUT2D eigenvalue weighted by Crippen LogP contribution is 2.32. The smallest absolute Gasteiger partial charge is 0.329 e. The number of carbonyl (C=O) groups excluding carboxylic acids is 3. The molecule has 6 aromatic rings. The van der Waals surface area contributed by atoms with Crippen LogP contribution in [-0.4, -0.2) is 43.5 Å². The maximum atomic E-state index is 14.1. The van der Waals surface area contributed by atoms with Gasteiger partial charge >= 0.3 is 6.03 Å². The summed E-state index contributed by atoms with van der Waals surface area (Å²) >= 11 is 0. The molecule has 0 spiro atoms. The number of nitrogen functional groups attached to an aromatic ring is 1. The Morgan fingerprint density at radius 3 is 2.40 bits per heavy atom. The molecule has 1 fully saturated rings. The minimum absolute atomic E-state index is 0.0398. The van der Waals surface area contributed by atoms with Gasteiger partial charge in [0.1, 0.15) is 11.9 Å². The Morgan fingerprint density at radius 2 is 1.67 bits per heavy atom. The second-order valence-corrected chi connectivity index (χ2v) is 11.4. The maximum absolute atomic E-state index is 14.1. The number of aromatic nitrogens is 4. The first-order valence-corrected chi connectivity index (χ1v) is 14.9. The van der Waals surface area contributed by atoms with E-state index in [0.717, 1.165) is 22.6 Å². The van der Waals surface area contributed by atoms with Crippen molar-refractivity contribution in [3.05, 3.63) is 125 Å². The second kappa shape index (κ2) is 11.8. The molecule has 1 aliphatic heterocycles. The number of hydrogen-bond donors (Lipinski definition) is 3. The van der Waals surface area contributed by atoms with E-state index < -0.39 is 35.2 Å². The van der Waals surface area contributed by atoms with Gasteiger partial charge < -0.3 is 20.8 Å². The molecular weight excluding hydrogens is 620 g/mol. The number of anilines is 2. The predicted octanol–water partition coefficient (Wildman–Crippen LogP) is 5.92. The molecule has 1 aliphatic rings. The highest BCUT2D eigenvalue weighted by Gasteiger charge is 2.39. The number of nitrogens with one attached hydrogen (secondary N) is 2. The van der Waals surface area contributed by atoms with E-state index in [1.165, 1.54) is 29.2 Å². The van der Waals surface area contributed by atoms with E-state index >= 15 is 0 Å². The highest BCUT2D eigenvalue weighted by atomic mass is 19.1. The lowest BCUT2D eigenvalue weighted by atomic mass is 10.1. The number of benzene rings is 3. The summed E-state index contributed by atoms with van der Waals surface area (Å²) in [5.74, 6) is -3.13. The lowest BCUT2D eigenvalue weighted by molar-refractivity contribution is -0.118. The van der Waals surface area contributed by atoms with Crippen molar-refractivity contribution in [2.75, 3.05) is 10.6 Å². The zero-order chi connectivity index (χ0) is 33.7. The Morgan fingerprint density at radius 1 is 0.938 bits per heavy atom. The first-order valence-electron chi connectivity index (χ1n) is 14.9. The minimum atomic E-state index is -0.871. The van der Waals surface area contributed by atoms with Gasteiger partial charge in [0.25, 0.3) is 5.91 Å². The number of nitrogens with two attached hydrogens (primary N) is 1. The number of hydrogen-bond acceptors (Lipinski definition) is 7. The van der Waals surface area contributed by atoms with Crippen molar-refractivity contribution in [1.82, 2.24) is 25.1 Å². The van der Waals surface area contributed by atoms with Crippen LogP contribution in [0.4, 0.5) is 25.1 Å². The number of rotatable bonds is 8. The number of carbonyl (C=O) groups is 3. The number of para-hydroxylation sites is 1. The topological polar surface area (TPSA) is 148 Å². The van der Waals surface area contributed by atoms with E-state index in [1.54, 1.807) is 32.0 Å². The summed E-state index contributed by atoms with van der Waals surface area (Å²) in [4.78, 5) is 48.3. The SMILES string of the molecule is Cc1cc2cc(C(=O)c3cnn(-c4cnc(Oc5c(F)cccc5F)cc4C)c3N)[nH]c2cc1N1C(=O)N[C@@H](Cc2ccccc2)C1=O. The van der Waals surface area contributed by atoms with Crippen LogP contribution >= 0.6 is 0 Å². The fourth-order valence-corrected chi connectivity index (χ4v) is 5.75. The van der Waals surface area contributed by atoms with Crippen LogP contribution in [0.25, 0.3) is 16.6 Å². The van der Waals surface area contributed by atoms with Crippen molar-refractivity contribution in [1.29, 1.82) is 0 Å². The molecule has 48 heavy (non-hydrogen) atoms. The van der Waals surface area contributed by atoms with Gasteiger partial charge in [-0.3, -0.25) is 9.59 Å². The lowest BCUT2D eigenvalue weighted by Gasteiger charge is -2.16. The average molecular weight is 648 g/mol. The van der Waals surface area contributed by atoms with Crippen LogP contribution in [0.5, 0.6) is 11.6 Å². The van der Waals surface area contributed by atoms with Crippen LogP contribution in [0.3, 0.4) is 0 Å². The Hall–Kier alpha value is -6.37. The third-order valence-electron chi connectivity index (χ3n) is 8.19. The van der Waals surface area contributed by atoms with Crippen molar-refractivity contribution in [2.24, 2.45) is 0 Å². The Labute approximate surface area is 272 Å². The van der Waals surface area contributed by atoms with Crippen LogP contribution in [0.1, 0.15) is 32.7 Å². The van der Waals surface area contributed by atoms with E-state index in [2.05, 4.69) is 20.4 Å². The number of fused-ring (bicyclic) bond motifs is 1. The standard InChI is InChI=1S/C35H27F2N7O4/c1-18-11-21-14-26(41-25(21)15-28(18)43-34(46)27(42-35(43)47)13-20-7-4-3-5-8-20)31(45)22-16-40-44(33(22)38)29-17-39-30(12-19(29)2)48-32-23(36)9-6-10-24(32)37/h3-12,14-17,27,41H,13,38H2,1-2H3,(H,42,47)/t27-/m0/s1. The lowest BCUT2D eigenvalue weighted by Crippen LogP contribution is -2.32. The fraction of sp³-hybridized carbons (Fsp3) is 0.114. The first kappa shape index (κ1) is 30.3. The number of halogens is 2. The average Bonchev–Trinajstić information content (AvgIpc) is 3.73. The van der Waals surface area contributed by atoms with E-state index in [-0.39, 0.29) is 28.9 Å². The number of pyridine rings is 1. The summed E-state index contributed by atoms with van der Waals surface area (Å²) in [7, 11) is 0. The van der Waals surface area contributed by atoms with E-state index in [1.807, 2.05) is 30.3 Å². The molecule has 4 N–H and O–H groups in total. The van der Waals surface area contributed by atoms with Crippen molar-refractivity contribution >= 4 is 40.1 Å². The molecule has 4 heterocycles. The molecule has 0 aliphatic carbocycles. The highest BCUT2D eigenvalue weighted by molar-refractivity contribution is 6.22. The molecule has 1 atom stereocenters. The van der Waals surface area contributed by atoms with Crippen LogP contribution in [0.2, 0.25) is 0 Å². The Kier molecular flexibility index (Phi) is 7.43. The molecule has 13 heteroatoms. The second-order valence-electron chi connectivity index (χ2n) is 11.4. The molecular formula is C35H27F2N7O4. The first-order chi connectivity index (χ1) is 23.1. The van der Waals surface area contributed by atoms with Gasteiger partial charge in [-0.25, -0.2) is 28.1 Å². The number of H-pyrrole nitrogens is 1. The number of urea groups is 1. The number of aromatic amines is 1. The van der Waals surface area contributed by atoms with E-state index in [4.69, 9.17) is 10.5 Å². The molecule has 3 aromatic heterocycles.